The van der Waals surface area contributed by atoms with Gasteiger partial charge in [0.25, 0.3) is 0 Å². The van der Waals surface area contributed by atoms with Crippen LogP contribution in [0.15, 0.2) is 24.3 Å². The highest BCUT2D eigenvalue weighted by Gasteiger charge is 2.23. The molecule has 4 N–H and O–H groups in total. The number of carboxylic acids is 1. The average Bonchev–Trinajstić information content (AvgIpc) is 2.35. The van der Waals surface area contributed by atoms with Crippen LogP contribution >= 0.6 is 0 Å². The predicted octanol–water partition coefficient (Wildman–Crippen LogP) is 2.41. The number of rotatable bonds is 6. The lowest BCUT2D eigenvalue weighted by molar-refractivity contribution is -0.137. The molecule has 0 aromatic heterocycles. The summed E-state index contributed by atoms with van der Waals surface area (Å²) in [6, 6.07) is 7.01. The lowest BCUT2D eigenvalue weighted by Crippen LogP contribution is -2.38. The van der Waals surface area contributed by atoms with Crippen LogP contribution in [0.4, 0.5) is 5.69 Å². The molecule has 0 radical (unpaired) electrons. The van der Waals surface area contributed by atoms with Crippen LogP contribution in [-0.4, -0.2) is 23.0 Å². The number of carbonyl (C=O) groups is 2. The van der Waals surface area contributed by atoms with E-state index in [0.29, 0.717) is 12.1 Å². The molecule has 116 valence electrons. The van der Waals surface area contributed by atoms with Gasteiger partial charge >= 0.3 is 5.97 Å². The van der Waals surface area contributed by atoms with Crippen molar-refractivity contribution in [3.05, 3.63) is 29.8 Å². The van der Waals surface area contributed by atoms with Gasteiger partial charge in [-0.15, -0.1) is 0 Å². The molecule has 1 amide bonds. The highest BCUT2D eigenvalue weighted by molar-refractivity contribution is 5.91. The van der Waals surface area contributed by atoms with Crippen molar-refractivity contribution < 1.29 is 14.7 Å². The van der Waals surface area contributed by atoms with Crippen LogP contribution in [0.25, 0.3) is 0 Å². The van der Waals surface area contributed by atoms with E-state index in [1.165, 1.54) is 0 Å². The molecule has 1 rings (SSSR count). The fraction of sp³-hybridized carbons (Fsp3) is 0.500. The third-order valence-electron chi connectivity index (χ3n) is 3.36. The maximum Gasteiger partial charge on any atom is 0.303 e. The third kappa shape index (κ3) is 6.40. The Labute approximate surface area is 125 Å². The first-order chi connectivity index (χ1) is 9.68. The summed E-state index contributed by atoms with van der Waals surface area (Å²) in [6.45, 7) is 5.99. The summed E-state index contributed by atoms with van der Waals surface area (Å²) in [7, 11) is 0. The number of carbonyl (C=O) groups excluding carboxylic acids is 1. The predicted molar refractivity (Wildman–Crippen MR) is 83.1 cm³/mol. The zero-order valence-corrected chi connectivity index (χ0v) is 12.8. The smallest absolute Gasteiger partial charge is 0.303 e. The van der Waals surface area contributed by atoms with Gasteiger partial charge in [0, 0.05) is 24.6 Å². The van der Waals surface area contributed by atoms with Crippen molar-refractivity contribution in [1.82, 2.24) is 0 Å². The fourth-order valence-electron chi connectivity index (χ4n) is 1.77. The van der Waals surface area contributed by atoms with Crippen molar-refractivity contribution in [3.8, 4) is 0 Å². The molecule has 0 aliphatic heterocycles. The summed E-state index contributed by atoms with van der Waals surface area (Å²) in [6.07, 6.45) is 0.774. The van der Waals surface area contributed by atoms with Crippen molar-refractivity contribution in [1.29, 1.82) is 0 Å². The van der Waals surface area contributed by atoms with Crippen LogP contribution in [0.2, 0.25) is 0 Å². The van der Waals surface area contributed by atoms with Crippen molar-refractivity contribution in [2.24, 2.45) is 11.1 Å². The maximum absolute atomic E-state index is 12.0. The zero-order chi connectivity index (χ0) is 16.0. The molecule has 0 saturated heterocycles. The summed E-state index contributed by atoms with van der Waals surface area (Å²) in [5, 5.41) is 11.5. The van der Waals surface area contributed by atoms with Crippen molar-refractivity contribution in [2.75, 3.05) is 5.32 Å². The average molecular weight is 292 g/mol. The van der Waals surface area contributed by atoms with E-state index in [1.807, 2.05) is 26.8 Å². The number of amides is 1. The van der Waals surface area contributed by atoms with E-state index in [9.17, 15) is 9.59 Å². The Morgan fingerprint density at radius 1 is 1.33 bits per heavy atom. The van der Waals surface area contributed by atoms with Gasteiger partial charge in [-0.25, -0.2) is 0 Å². The molecule has 0 spiro atoms. The molecule has 1 aromatic rings. The fourth-order valence-corrected chi connectivity index (χ4v) is 1.77. The van der Waals surface area contributed by atoms with Gasteiger partial charge in [-0.05, 0) is 29.5 Å². The summed E-state index contributed by atoms with van der Waals surface area (Å²) < 4.78 is 0. The number of benzene rings is 1. The zero-order valence-electron chi connectivity index (χ0n) is 12.8. The molecule has 5 heteroatoms. The van der Waals surface area contributed by atoms with E-state index in [2.05, 4.69) is 5.32 Å². The Hall–Kier alpha value is -1.88. The second-order valence-electron chi connectivity index (χ2n) is 6.32. The number of aryl methyl sites for hydroxylation is 1. The molecule has 0 saturated carbocycles. The van der Waals surface area contributed by atoms with Crippen LogP contribution < -0.4 is 11.1 Å². The minimum atomic E-state index is -0.833. The molecule has 5 nitrogen and oxygen atoms in total. The first-order valence-corrected chi connectivity index (χ1v) is 7.04. The monoisotopic (exact) mass is 292 g/mol. The quantitative estimate of drug-likeness (QED) is 0.750. The van der Waals surface area contributed by atoms with Gasteiger partial charge in [-0.2, -0.15) is 0 Å². The maximum atomic E-state index is 12.0. The minimum absolute atomic E-state index is 0.0757. The Kier molecular flexibility index (Phi) is 5.90. The number of hydrogen-bond acceptors (Lipinski definition) is 3. The molecular formula is C16H24N2O3. The van der Waals surface area contributed by atoms with E-state index in [-0.39, 0.29) is 30.2 Å². The van der Waals surface area contributed by atoms with Crippen molar-refractivity contribution in [2.45, 2.75) is 46.1 Å². The molecule has 0 fully saturated rings. The van der Waals surface area contributed by atoms with E-state index >= 15 is 0 Å². The molecule has 0 bridgehead atoms. The number of nitrogens with two attached hydrogens (primary N) is 1. The molecule has 21 heavy (non-hydrogen) atoms. The van der Waals surface area contributed by atoms with Crippen molar-refractivity contribution in [3.63, 3.8) is 0 Å². The first kappa shape index (κ1) is 17.2. The lowest BCUT2D eigenvalue weighted by atomic mass is 9.85. The van der Waals surface area contributed by atoms with E-state index in [0.717, 1.165) is 5.56 Å². The highest BCUT2D eigenvalue weighted by atomic mass is 16.4. The number of aliphatic carboxylic acids is 1. The van der Waals surface area contributed by atoms with Gasteiger partial charge in [-0.3, -0.25) is 9.59 Å². The summed E-state index contributed by atoms with van der Waals surface area (Å²) in [4.78, 5) is 22.5. The van der Waals surface area contributed by atoms with E-state index in [4.69, 9.17) is 10.8 Å². The Morgan fingerprint density at radius 2 is 2.00 bits per heavy atom. The summed E-state index contributed by atoms with van der Waals surface area (Å²) in [5.74, 6) is -0.964. The third-order valence-corrected chi connectivity index (χ3v) is 3.36. The minimum Gasteiger partial charge on any atom is -0.481 e. The van der Waals surface area contributed by atoms with Crippen LogP contribution in [0.1, 0.15) is 39.2 Å². The van der Waals surface area contributed by atoms with Crippen molar-refractivity contribution >= 4 is 17.6 Å². The number of anilines is 1. The molecule has 0 aliphatic rings. The number of hydrogen-bond donors (Lipinski definition) is 3. The van der Waals surface area contributed by atoms with E-state index < -0.39 is 5.97 Å². The molecule has 1 aromatic carbocycles. The second kappa shape index (κ2) is 7.22. The topological polar surface area (TPSA) is 92.4 Å². The van der Waals surface area contributed by atoms with Crippen LogP contribution in [0.3, 0.4) is 0 Å². The number of carboxylic acid groups (broad SMARTS) is 1. The van der Waals surface area contributed by atoms with Gasteiger partial charge in [0.2, 0.25) is 5.91 Å². The summed E-state index contributed by atoms with van der Waals surface area (Å²) >= 11 is 0. The number of nitrogens with one attached hydrogen (secondary N) is 1. The molecule has 0 aliphatic carbocycles. The Balaban J connectivity index is 2.60. The molecule has 1 unspecified atom stereocenters. The SMILES string of the molecule is CC(C)(C)C(N)CC(=O)Nc1cccc(CCC(=O)O)c1. The van der Waals surface area contributed by atoms with Crippen LogP contribution in [-0.2, 0) is 16.0 Å². The van der Waals surface area contributed by atoms with Gasteiger partial charge in [0.1, 0.15) is 0 Å². The Bertz CT molecular complexity index is 506. The normalized spacial score (nSPS) is 12.8. The molecule has 1 atom stereocenters. The van der Waals surface area contributed by atoms with Gasteiger partial charge in [0.05, 0.1) is 0 Å². The Morgan fingerprint density at radius 3 is 2.57 bits per heavy atom. The second-order valence-corrected chi connectivity index (χ2v) is 6.32. The first-order valence-electron chi connectivity index (χ1n) is 7.04. The van der Waals surface area contributed by atoms with Gasteiger partial charge in [-0.1, -0.05) is 32.9 Å². The molecular weight excluding hydrogens is 268 g/mol. The highest BCUT2D eigenvalue weighted by Crippen LogP contribution is 2.20. The van der Waals surface area contributed by atoms with E-state index in [1.54, 1.807) is 18.2 Å². The van der Waals surface area contributed by atoms with Crippen LogP contribution in [0.5, 0.6) is 0 Å². The van der Waals surface area contributed by atoms with Gasteiger partial charge < -0.3 is 16.2 Å². The standard InChI is InChI=1S/C16H24N2O3/c1-16(2,3)13(17)10-14(19)18-12-6-4-5-11(9-12)7-8-15(20)21/h4-6,9,13H,7-8,10,17H2,1-3H3,(H,18,19)(H,20,21). The molecule has 0 heterocycles. The van der Waals surface area contributed by atoms with Gasteiger partial charge in [0.15, 0.2) is 0 Å². The summed E-state index contributed by atoms with van der Waals surface area (Å²) in [5.41, 5.74) is 7.42. The lowest BCUT2D eigenvalue weighted by Gasteiger charge is -2.26. The largest absolute Gasteiger partial charge is 0.481 e. The van der Waals surface area contributed by atoms with Crippen LogP contribution in [0, 0.1) is 5.41 Å².